The summed E-state index contributed by atoms with van der Waals surface area (Å²) in [6.07, 6.45) is 3.34. The van der Waals surface area contributed by atoms with Crippen molar-refractivity contribution >= 4 is 0 Å². The summed E-state index contributed by atoms with van der Waals surface area (Å²) >= 11 is 0. The molecule has 2 nitrogen and oxygen atoms in total. The standard InChI is InChI=1S/C10H19NO/c1-7-6-8(2)10(12)5-4-9(7)11(10)3/h7-9,12H,4-6H2,1-3H3/t7-,8+,9-,10-/m0/s1. The van der Waals surface area contributed by atoms with Crippen molar-refractivity contribution in [3.63, 3.8) is 0 Å². The molecule has 70 valence electrons. The highest BCUT2D eigenvalue weighted by molar-refractivity contribution is 5.01. The number of rotatable bonds is 0. The summed E-state index contributed by atoms with van der Waals surface area (Å²) in [7, 11) is 2.07. The Kier molecular flexibility index (Phi) is 1.74. The van der Waals surface area contributed by atoms with E-state index >= 15 is 0 Å². The Bertz CT molecular complexity index is 194. The fraction of sp³-hybridized carbons (Fsp3) is 1.00. The lowest BCUT2D eigenvalue weighted by Crippen LogP contribution is -2.55. The molecule has 0 aromatic carbocycles. The number of piperidine rings is 1. The molecule has 4 atom stereocenters. The Hall–Kier alpha value is -0.0800. The molecule has 0 saturated carbocycles. The molecule has 0 amide bonds. The molecule has 0 radical (unpaired) electrons. The van der Waals surface area contributed by atoms with Crippen LogP contribution in [0.4, 0.5) is 0 Å². The van der Waals surface area contributed by atoms with E-state index in [0.29, 0.717) is 12.0 Å². The van der Waals surface area contributed by atoms with Crippen molar-refractivity contribution in [2.45, 2.75) is 44.9 Å². The molecular weight excluding hydrogens is 150 g/mol. The highest BCUT2D eigenvalue weighted by atomic mass is 16.3. The number of hydrogen-bond donors (Lipinski definition) is 1. The first-order chi connectivity index (χ1) is 5.55. The Morgan fingerprint density at radius 2 is 2.08 bits per heavy atom. The van der Waals surface area contributed by atoms with Crippen molar-refractivity contribution in [1.29, 1.82) is 0 Å². The lowest BCUT2D eigenvalue weighted by atomic mass is 9.83. The average Bonchev–Trinajstić information content (AvgIpc) is 2.23. The lowest BCUT2D eigenvalue weighted by Gasteiger charge is -2.46. The third-order valence-corrected chi connectivity index (χ3v) is 4.09. The molecule has 2 fully saturated rings. The van der Waals surface area contributed by atoms with Gasteiger partial charge in [-0.25, -0.2) is 0 Å². The van der Waals surface area contributed by atoms with E-state index in [1.165, 1.54) is 12.8 Å². The second-order valence-electron chi connectivity index (χ2n) is 4.71. The van der Waals surface area contributed by atoms with Crippen molar-refractivity contribution in [1.82, 2.24) is 4.90 Å². The minimum atomic E-state index is -0.475. The number of aliphatic hydroxyl groups is 1. The molecule has 2 bridgehead atoms. The molecule has 0 aliphatic carbocycles. The van der Waals surface area contributed by atoms with Crippen LogP contribution in [-0.2, 0) is 0 Å². The second-order valence-corrected chi connectivity index (χ2v) is 4.71. The Labute approximate surface area is 74.6 Å². The van der Waals surface area contributed by atoms with E-state index in [4.69, 9.17) is 0 Å². The van der Waals surface area contributed by atoms with Gasteiger partial charge < -0.3 is 5.11 Å². The zero-order valence-corrected chi connectivity index (χ0v) is 8.25. The molecule has 2 saturated heterocycles. The maximum absolute atomic E-state index is 10.3. The summed E-state index contributed by atoms with van der Waals surface area (Å²) in [5.74, 6) is 1.20. The highest BCUT2D eigenvalue weighted by Crippen LogP contribution is 2.46. The van der Waals surface area contributed by atoms with Gasteiger partial charge in [-0.3, -0.25) is 4.90 Å². The van der Waals surface area contributed by atoms with Gasteiger partial charge in [-0.1, -0.05) is 13.8 Å². The zero-order chi connectivity index (χ0) is 8.93. The molecule has 2 heterocycles. The second kappa shape index (κ2) is 2.46. The fourth-order valence-corrected chi connectivity index (χ4v) is 3.18. The molecule has 0 aromatic rings. The topological polar surface area (TPSA) is 23.5 Å². The molecule has 2 aliphatic rings. The summed E-state index contributed by atoms with van der Waals surface area (Å²) in [6, 6.07) is 0.631. The number of hydrogen-bond acceptors (Lipinski definition) is 2. The lowest BCUT2D eigenvalue weighted by molar-refractivity contribution is -0.152. The molecule has 2 rings (SSSR count). The van der Waals surface area contributed by atoms with Gasteiger partial charge in [-0.15, -0.1) is 0 Å². The SMILES string of the molecule is C[C@@H]1C[C@H](C)[C@@H]2CC[C@@]1(O)N2C. The first-order valence-corrected chi connectivity index (χ1v) is 5.01. The van der Waals surface area contributed by atoms with Gasteiger partial charge in [0.1, 0.15) is 5.72 Å². The van der Waals surface area contributed by atoms with E-state index in [1.54, 1.807) is 0 Å². The maximum Gasteiger partial charge on any atom is 0.121 e. The number of fused-ring (bicyclic) bond motifs is 2. The Balaban J connectivity index is 2.28. The number of nitrogens with zero attached hydrogens (tertiary/aromatic N) is 1. The summed E-state index contributed by atoms with van der Waals surface area (Å²) in [4.78, 5) is 2.20. The first kappa shape index (κ1) is 8.52. The largest absolute Gasteiger partial charge is 0.375 e. The molecule has 2 heteroatoms. The van der Waals surface area contributed by atoms with Gasteiger partial charge in [0.2, 0.25) is 0 Å². The smallest absolute Gasteiger partial charge is 0.121 e. The van der Waals surface area contributed by atoms with Crippen LogP contribution in [0.1, 0.15) is 33.1 Å². The van der Waals surface area contributed by atoms with Crippen LogP contribution in [0.15, 0.2) is 0 Å². The van der Waals surface area contributed by atoms with Gasteiger partial charge >= 0.3 is 0 Å². The minimum Gasteiger partial charge on any atom is -0.375 e. The Morgan fingerprint density at radius 1 is 1.42 bits per heavy atom. The van der Waals surface area contributed by atoms with Crippen LogP contribution in [0, 0.1) is 11.8 Å². The molecule has 2 aliphatic heterocycles. The van der Waals surface area contributed by atoms with Crippen LogP contribution in [-0.4, -0.2) is 28.8 Å². The van der Waals surface area contributed by atoms with Gasteiger partial charge in [0.25, 0.3) is 0 Å². The molecule has 0 aromatic heterocycles. The van der Waals surface area contributed by atoms with Gasteiger partial charge in [0.15, 0.2) is 0 Å². The maximum atomic E-state index is 10.3. The molecule has 0 spiro atoms. The monoisotopic (exact) mass is 169 g/mol. The van der Waals surface area contributed by atoms with E-state index in [-0.39, 0.29) is 0 Å². The van der Waals surface area contributed by atoms with Crippen LogP contribution >= 0.6 is 0 Å². The molecule has 0 unspecified atom stereocenters. The van der Waals surface area contributed by atoms with Gasteiger partial charge in [0, 0.05) is 6.04 Å². The van der Waals surface area contributed by atoms with E-state index in [0.717, 1.165) is 12.3 Å². The van der Waals surface area contributed by atoms with Crippen molar-refractivity contribution in [2.24, 2.45) is 11.8 Å². The third kappa shape index (κ3) is 0.882. The summed E-state index contributed by atoms with van der Waals surface area (Å²) in [5.41, 5.74) is -0.475. The van der Waals surface area contributed by atoms with Gasteiger partial charge in [-0.05, 0) is 38.1 Å². The van der Waals surface area contributed by atoms with Gasteiger partial charge in [-0.2, -0.15) is 0 Å². The first-order valence-electron chi connectivity index (χ1n) is 5.01. The molecular formula is C10H19NO. The van der Waals surface area contributed by atoms with Crippen molar-refractivity contribution in [3.8, 4) is 0 Å². The summed E-state index contributed by atoms with van der Waals surface area (Å²) < 4.78 is 0. The Morgan fingerprint density at radius 3 is 2.75 bits per heavy atom. The van der Waals surface area contributed by atoms with Crippen molar-refractivity contribution < 1.29 is 5.11 Å². The van der Waals surface area contributed by atoms with Crippen molar-refractivity contribution in [2.75, 3.05) is 7.05 Å². The van der Waals surface area contributed by atoms with E-state index < -0.39 is 5.72 Å². The van der Waals surface area contributed by atoms with Gasteiger partial charge in [0.05, 0.1) is 0 Å². The van der Waals surface area contributed by atoms with Crippen LogP contribution in [0.2, 0.25) is 0 Å². The molecule has 12 heavy (non-hydrogen) atoms. The van der Waals surface area contributed by atoms with Crippen molar-refractivity contribution in [3.05, 3.63) is 0 Å². The van der Waals surface area contributed by atoms with Crippen LogP contribution < -0.4 is 0 Å². The van der Waals surface area contributed by atoms with Crippen LogP contribution in [0.25, 0.3) is 0 Å². The van der Waals surface area contributed by atoms with E-state index in [2.05, 4.69) is 25.8 Å². The molecule has 1 N–H and O–H groups in total. The van der Waals surface area contributed by atoms with E-state index in [1.807, 2.05) is 0 Å². The summed E-state index contributed by atoms with van der Waals surface area (Å²) in [6.45, 7) is 4.48. The fourth-order valence-electron chi connectivity index (χ4n) is 3.18. The van der Waals surface area contributed by atoms with Crippen LogP contribution in [0.3, 0.4) is 0 Å². The zero-order valence-electron chi connectivity index (χ0n) is 8.25. The predicted molar refractivity (Wildman–Crippen MR) is 48.7 cm³/mol. The summed E-state index contributed by atoms with van der Waals surface area (Å²) in [5, 5.41) is 10.3. The van der Waals surface area contributed by atoms with Crippen LogP contribution in [0.5, 0.6) is 0 Å². The normalized spacial score (nSPS) is 54.5. The third-order valence-electron chi connectivity index (χ3n) is 4.09. The van der Waals surface area contributed by atoms with E-state index in [9.17, 15) is 5.11 Å². The minimum absolute atomic E-state index is 0.441. The highest BCUT2D eigenvalue weighted by Gasteiger charge is 2.52. The quantitative estimate of drug-likeness (QED) is 0.593. The average molecular weight is 169 g/mol. The predicted octanol–water partition coefficient (Wildman–Crippen LogP) is 1.45.